The molecule has 2 rings (SSSR count). The molecular formula is C13H19N3O4S. The van der Waals surface area contributed by atoms with Gasteiger partial charge in [-0.15, -0.1) is 4.83 Å². The van der Waals surface area contributed by atoms with Crippen molar-refractivity contribution in [3.05, 3.63) is 34.4 Å². The van der Waals surface area contributed by atoms with Gasteiger partial charge < -0.3 is 0 Å². The van der Waals surface area contributed by atoms with Crippen LogP contribution in [0.5, 0.6) is 0 Å². The molecule has 0 aromatic heterocycles. The lowest BCUT2D eigenvalue weighted by molar-refractivity contribution is -0.384. The number of benzene rings is 1. The third-order valence-electron chi connectivity index (χ3n) is 3.78. The molecule has 0 radical (unpaired) electrons. The summed E-state index contributed by atoms with van der Waals surface area (Å²) in [6.07, 6.45) is 2.96. The van der Waals surface area contributed by atoms with Gasteiger partial charge in [-0.25, -0.2) is 13.4 Å². The molecule has 2 atom stereocenters. The Morgan fingerprint density at radius 1 is 1.19 bits per heavy atom. The second-order valence-electron chi connectivity index (χ2n) is 5.38. The summed E-state index contributed by atoms with van der Waals surface area (Å²) in [6.45, 7) is 3.96. The van der Waals surface area contributed by atoms with Crippen LogP contribution >= 0.6 is 0 Å². The molecule has 1 aliphatic rings. The van der Waals surface area contributed by atoms with E-state index in [9.17, 15) is 18.5 Å². The van der Waals surface area contributed by atoms with Crippen molar-refractivity contribution in [2.75, 3.05) is 0 Å². The van der Waals surface area contributed by atoms with Crippen LogP contribution in [0.4, 0.5) is 5.69 Å². The minimum atomic E-state index is -3.71. The van der Waals surface area contributed by atoms with E-state index < -0.39 is 14.9 Å². The van der Waals surface area contributed by atoms with Crippen LogP contribution in [0.25, 0.3) is 0 Å². The summed E-state index contributed by atoms with van der Waals surface area (Å²) in [4.78, 5) is 12.7. The molecule has 8 heteroatoms. The summed E-state index contributed by atoms with van der Waals surface area (Å²) in [5.74, 6) is 0. The summed E-state index contributed by atoms with van der Waals surface area (Å²) < 4.78 is 24.7. The van der Waals surface area contributed by atoms with Gasteiger partial charge >= 0.3 is 0 Å². The summed E-state index contributed by atoms with van der Waals surface area (Å²) >= 11 is 0. The SMILES string of the molecule is C[C@H]1CCC[C@H](C)N1NS(=O)(=O)c1ccc([N+](=O)[O-])cc1. The predicted octanol–water partition coefficient (Wildman–Crippen LogP) is 2.05. The highest BCUT2D eigenvalue weighted by atomic mass is 32.2. The zero-order valence-electron chi connectivity index (χ0n) is 12.0. The van der Waals surface area contributed by atoms with Crippen LogP contribution < -0.4 is 4.83 Å². The largest absolute Gasteiger partial charge is 0.269 e. The zero-order chi connectivity index (χ0) is 15.6. The molecule has 0 saturated carbocycles. The van der Waals surface area contributed by atoms with E-state index in [2.05, 4.69) is 4.83 Å². The van der Waals surface area contributed by atoms with Crippen molar-refractivity contribution in [2.45, 2.75) is 50.1 Å². The van der Waals surface area contributed by atoms with Crippen LogP contribution in [0.3, 0.4) is 0 Å². The summed E-state index contributed by atoms with van der Waals surface area (Å²) in [5, 5.41) is 12.3. The van der Waals surface area contributed by atoms with Gasteiger partial charge in [0.2, 0.25) is 0 Å². The Hall–Kier alpha value is -1.51. The molecule has 0 aliphatic carbocycles. The fourth-order valence-corrected chi connectivity index (χ4v) is 3.78. The van der Waals surface area contributed by atoms with E-state index in [1.54, 1.807) is 5.01 Å². The van der Waals surface area contributed by atoms with Gasteiger partial charge in [0.25, 0.3) is 15.7 Å². The first-order valence-electron chi connectivity index (χ1n) is 6.86. The Balaban J connectivity index is 2.19. The Labute approximate surface area is 124 Å². The van der Waals surface area contributed by atoms with Crippen molar-refractivity contribution in [1.82, 2.24) is 9.84 Å². The fourth-order valence-electron chi connectivity index (χ4n) is 2.54. The van der Waals surface area contributed by atoms with Crippen molar-refractivity contribution in [2.24, 2.45) is 0 Å². The van der Waals surface area contributed by atoms with E-state index in [0.717, 1.165) is 19.3 Å². The molecule has 1 N–H and O–H groups in total. The topological polar surface area (TPSA) is 92.6 Å². The zero-order valence-corrected chi connectivity index (χ0v) is 12.8. The smallest absolute Gasteiger partial charge is 0.258 e. The van der Waals surface area contributed by atoms with Crippen LogP contribution in [-0.2, 0) is 10.0 Å². The number of nitrogens with one attached hydrogen (secondary N) is 1. The van der Waals surface area contributed by atoms with E-state index in [1.807, 2.05) is 13.8 Å². The molecule has 0 bridgehead atoms. The number of hydrazine groups is 1. The number of sulfonamides is 1. The Morgan fingerprint density at radius 3 is 2.19 bits per heavy atom. The third-order valence-corrected chi connectivity index (χ3v) is 5.12. The van der Waals surface area contributed by atoms with Crippen LogP contribution in [-0.4, -0.2) is 30.4 Å². The lowest BCUT2D eigenvalue weighted by atomic mass is 10.0. The molecule has 116 valence electrons. The fraction of sp³-hybridized carbons (Fsp3) is 0.538. The first-order valence-corrected chi connectivity index (χ1v) is 8.35. The van der Waals surface area contributed by atoms with Gasteiger partial charge in [-0.05, 0) is 38.8 Å². The number of rotatable bonds is 4. The maximum atomic E-state index is 12.4. The molecular weight excluding hydrogens is 294 g/mol. The van der Waals surface area contributed by atoms with E-state index in [4.69, 9.17) is 0 Å². The molecule has 1 aliphatic heterocycles. The highest BCUT2D eigenvalue weighted by molar-refractivity contribution is 7.89. The van der Waals surface area contributed by atoms with Gasteiger partial charge in [0.05, 0.1) is 9.82 Å². The second kappa shape index (κ2) is 6.08. The van der Waals surface area contributed by atoms with Gasteiger partial charge in [-0.2, -0.15) is 0 Å². The van der Waals surface area contributed by atoms with Gasteiger partial charge in [0.1, 0.15) is 0 Å². The van der Waals surface area contributed by atoms with E-state index in [1.165, 1.54) is 24.3 Å². The molecule has 1 saturated heterocycles. The van der Waals surface area contributed by atoms with Crippen molar-refractivity contribution in [3.8, 4) is 0 Å². The van der Waals surface area contributed by atoms with Gasteiger partial charge in [0, 0.05) is 24.2 Å². The standard InChI is InChI=1S/C13H19N3O4S/c1-10-4-3-5-11(2)15(10)14-21(19,20)13-8-6-12(7-9-13)16(17)18/h6-11,14H,3-5H2,1-2H3/t10-,11-/m0/s1. The average Bonchev–Trinajstić information content (AvgIpc) is 2.43. The Bertz CT molecular complexity index is 605. The Morgan fingerprint density at radius 2 is 1.71 bits per heavy atom. The minimum absolute atomic E-state index is 0.0260. The predicted molar refractivity (Wildman–Crippen MR) is 78.0 cm³/mol. The molecule has 0 spiro atoms. The highest BCUT2D eigenvalue weighted by Crippen LogP contribution is 2.22. The molecule has 21 heavy (non-hydrogen) atoms. The number of nitro benzene ring substituents is 1. The van der Waals surface area contributed by atoms with Gasteiger partial charge in [-0.1, -0.05) is 6.42 Å². The Kier molecular flexibility index (Phi) is 4.60. The number of nitro groups is 1. The molecule has 1 heterocycles. The first kappa shape index (κ1) is 15.9. The quantitative estimate of drug-likeness (QED) is 0.678. The van der Waals surface area contributed by atoms with Crippen LogP contribution in [0, 0.1) is 10.1 Å². The monoisotopic (exact) mass is 313 g/mol. The number of nitrogens with zero attached hydrogens (tertiary/aromatic N) is 2. The lowest BCUT2D eigenvalue weighted by Gasteiger charge is -2.38. The maximum absolute atomic E-state index is 12.4. The van der Waals surface area contributed by atoms with Crippen LogP contribution in [0.1, 0.15) is 33.1 Å². The molecule has 0 amide bonds. The summed E-state index contributed by atoms with van der Waals surface area (Å²) in [5.41, 5.74) is -0.131. The van der Waals surface area contributed by atoms with Crippen molar-refractivity contribution >= 4 is 15.7 Å². The second-order valence-corrected chi connectivity index (χ2v) is 7.04. The average molecular weight is 313 g/mol. The number of hydrogen-bond acceptors (Lipinski definition) is 5. The normalized spacial score (nSPS) is 23.9. The molecule has 1 fully saturated rings. The number of hydrogen-bond donors (Lipinski definition) is 1. The summed E-state index contributed by atoms with van der Waals surface area (Å²) in [7, 11) is -3.71. The lowest BCUT2D eigenvalue weighted by Crippen LogP contribution is -2.53. The highest BCUT2D eigenvalue weighted by Gasteiger charge is 2.29. The van der Waals surface area contributed by atoms with Crippen LogP contribution in [0.15, 0.2) is 29.2 Å². The maximum Gasteiger partial charge on any atom is 0.269 e. The third kappa shape index (κ3) is 3.58. The van der Waals surface area contributed by atoms with Gasteiger partial charge in [-0.3, -0.25) is 10.1 Å². The number of non-ortho nitro benzene ring substituents is 1. The molecule has 7 nitrogen and oxygen atoms in total. The summed E-state index contributed by atoms with van der Waals surface area (Å²) in [6, 6.07) is 5.14. The molecule has 0 unspecified atom stereocenters. The van der Waals surface area contributed by atoms with Crippen molar-refractivity contribution in [3.63, 3.8) is 0 Å². The first-order chi connectivity index (χ1) is 9.81. The van der Waals surface area contributed by atoms with Crippen molar-refractivity contribution in [1.29, 1.82) is 0 Å². The van der Waals surface area contributed by atoms with E-state index >= 15 is 0 Å². The minimum Gasteiger partial charge on any atom is -0.258 e. The van der Waals surface area contributed by atoms with Gasteiger partial charge in [0.15, 0.2) is 0 Å². The number of piperidine rings is 1. The molecule has 1 aromatic rings. The van der Waals surface area contributed by atoms with E-state index in [-0.39, 0.29) is 22.7 Å². The van der Waals surface area contributed by atoms with Crippen molar-refractivity contribution < 1.29 is 13.3 Å². The molecule has 1 aromatic carbocycles. The van der Waals surface area contributed by atoms with E-state index in [0.29, 0.717) is 0 Å². The van der Waals surface area contributed by atoms with Crippen LogP contribution in [0.2, 0.25) is 0 Å².